The van der Waals surface area contributed by atoms with Gasteiger partial charge in [0.05, 0.1) is 0 Å². The Bertz CT molecular complexity index is 365. The van der Waals surface area contributed by atoms with Crippen molar-refractivity contribution >= 4 is 17.5 Å². The van der Waals surface area contributed by atoms with E-state index in [-0.39, 0.29) is 11.9 Å². The molecule has 4 nitrogen and oxygen atoms in total. The van der Waals surface area contributed by atoms with Crippen LogP contribution in [-0.2, 0) is 4.79 Å². The van der Waals surface area contributed by atoms with Crippen LogP contribution in [0.2, 0.25) is 5.02 Å². The van der Waals surface area contributed by atoms with Crippen molar-refractivity contribution in [1.82, 2.24) is 10.6 Å². The summed E-state index contributed by atoms with van der Waals surface area (Å²) >= 11 is 5.78. The van der Waals surface area contributed by atoms with Crippen molar-refractivity contribution in [2.24, 2.45) is 5.73 Å². The Morgan fingerprint density at radius 3 is 2.60 bits per heavy atom. The lowest BCUT2D eigenvalue weighted by molar-refractivity contribution is -0.124. The van der Waals surface area contributed by atoms with Crippen molar-refractivity contribution in [3.63, 3.8) is 0 Å². The lowest BCUT2D eigenvalue weighted by Crippen LogP contribution is -2.57. The molecule has 1 amide bonds. The fraction of sp³-hybridized carbons (Fsp3) is 0.300. The molecule has 2 atom stereocenters. The van der Waals surface area contributed by atoms with Crippen LogP contribution in [0.5, 0.6) is 0 Å². The van der Waals surface area contributed by atoms with Gasteiger partial charge < -0.3 is 5.32 Å². The molecule has 15 heavy (non-hydrogen) atoms. The van der Waals surface area contributed by atoms with E-state index in [0.29, 0.717) is 11.4 Å². The van der Waals surface area contributed by atoms with Crippen molar-refractivity contribution in [1.29, 1.82) is 0 Å². The monoisotopic (exact) mass is 225 g/mol. The van der Waals surface area contributed by atoms with Crippen LogP contribution >= 0.6 is 11.6 Å². The van der Waals surface area contributed by atoms with E-state index in [1.807, 2.05) is 12.1 Å². The number of amides is 1. The molecule has 2 unspecified atom stereocenters. The minimum absolute atomic E-state index is 0.0361. The molecule has 0 radical (unpaired) electrons. The maximum Gasteiger partial charge on any atom is 0.224 e. The molecule has 0 aliphatic carbocycles. The van der Waals surface area contributed by atoms with Crippen LogP contribution in [-0.4, -0.2) is 12.2 Å². The van der Waals surface area contributed by atoms with Gasteiger partial charge in [-0.15, -0.1) is 0 Å². The third-order valence-corrected chi connectivity index (χ3v) is 2.61. The summed E-state index contributed by atoms with van der Waals surface area (Å²) in [4.78, 5) is 11.3. The fourth-order valence-corrected chi connectivity index (χ4v) is 1.77. The van der Waals surface area contributed by atoms with Crippen molar-refractivity contribution in [3.05, 3.63) is 34.9 Å². The molecule has 5 heteroatoms. The van der Waals surface area contributed by atoms with Crippen LogP contribution in [0, 0.1) is 0 Å². The van der Waals surface area contributed by atoms with E-state index >= 15 is 0 Å². The van der Waals surface area contributed by atoms with Gasteiger partial charge in [-0.05, 0) is 17.7 Å². The van der Waals surface area contributed by atoms with Crippen molar-refractivity contribution < 1.29 is 4.79 Å². The summed E-state index contributed by atoms with van der Waals surface area (Å²) in [5, 5.41) is 6.36. The Hall–Kier alpha value is -1.10. The van der Waals surface area contributed by atoms with E-state index in [0.717, 1.165) is 5.56 Å². The largest absolute Gasteiger partial charge is 0.328 e. The second kappa shape index (κ2) is 4.18. The lowest BCUT2D eigenvalue weighted by Gasteiger charge is -2.29. The molecule has 0 spiro atoms. The summed E-state index contributed by atoms with van der Waals surface area (Å²) in [6.45, 7) is 0. The Balaban J connectivity index is 2.16. The van der Waals surface area contributed by atoms with Gasteiger partial charge in [0, 0.05) is 17.5 Å². The number of hydrogen-bond acceptors (Lipinski definition) is 3. The van der Waals surface area contributed by atoms with E-state index < -0.39 is 6.29 Å². The molecule has 0 aromatic heterocycles. The first-order chi connectivity index (χ1) is 7.15. The second-order valence-corrected chi connectivity index (χ2v) is 3.96. The molecule has 80 valence electrons. The zero-order chi connectivity index (χ0) is 10.8. The van der Waals surface area contributed by atoms with Crippen LogP contribution < -0.4 is 16.4 Å². The summed E-state index contributed by atoms with van der Waals surface area (Å²) in [5.74, 6) is -0.0406. The van der Waals surface area contributed by atoms with Gasteiger partial charge in [-0.2, -0.15) is 0 Å². The predicted molar refractivity (Wildman–Crippen MR) is 58.1 cm³/mol. The fourth-order valence-electron chi connectivity index (χ4n) is 1.64. The molecule has 1 aliphatic heterocycles. The van der Waals surface area contributed by atoms with Gasteiger partial charge in [0.15, 0.2) is 0 Å². The minimum Gasteiger partial charge on any atom is -0.328 e. The van der Waals surface area contributed by atoms with Crippen molar-refractivity contribution in [2.45, 2.75) is 18.8 Å². The highest BCUT2D eigenvalue weighted by Crippen LogP contribution is 2.21. The van der Waals surface area contributed by atoms with Gasteiger partial charge in [-0.3, -0.25) is 15.8 Å². The zero-order valence-corrected chi connectivity index (χ0v) is 8.79. The van der Waals surface area contributed by atoms with E-state index in [4.69, 9.17) is 17.3 Å². The van der Waals surface area contributed by atoms with Gasteiger partial charge in [0.25, 0.3) is 0 Å². The second-order valence-electron chi connectivity index (χ2n) is 3.52. The Labute approximate surface area is 92.8 Å². The zero-order valence-electron chi connectivity index (χ0n) is 8.03. The smallest absolute Gasteiger partial charge is 0.224 e. The highest BCUT2D eigenvalue weighted by molar-refractivity contribution is 6.30. The summed E-state index contributed by atoms with van der Waals surface area (Å²) in [7, 11) is 0. The van der Waals surface area contributed by atoms with E-state index in [2.05, 4.69) is 10.6 Å². The van der Waals surface area contributed by atoms with Crippen molar-refractivity contribution in [2.75, 3.05) is 0 Å². The van der Waals surface area contributed by atoms with E-state index in [1.54, 1.807) is 12.1 Å². The number of benzene rings is 1. The molecule has 1 fully saturated rings. The SMILES string of the molecule is NC1NC(=O)CC(c2ccc(Cl)cc2)N1. The molecular formula is C10H12ClN3O. The molecule has 1 aliphatic rings. The molecule has 1 saturated heterocycles. The number of halogens is 1. The quantitative estimate of drug-likeness (QED) is 0.660. The Morgan fingerprint density at radius 1 is 1.33 bits per heavy atom. The molecule has 1 aromatic rings. The van der Waals surface area contributed by atoms with Crippen LogP contribution in [0.1, 0.15) is 18.0 Å². The topological polar surface area (TPSA) is 67.1 Å². The van der Waals surface area contributed by atoms with E-state index in [9.17, 15) is 4.79 Å². The molecule has 0 bridgehead atoms. The summed E-state index contributed by atoms with van der Waals surface area (Å²) in [6.07, 6.45) is -0.0815. The normalized spacial score (nSPS) is 26.1. The van der Waals surface area contributed by atoms with Gasteiger partial charge >= 0.3 is 0 Å². The third kappa shape index (κ3) is 2.47. The Morgan fingerprint density at radius 2 is 2.00 bits per heavy atom. The average molecular weight is 226 g/mol. The highest BCUT2D eigenvalue weighted by Gasteiger charge is 2.24. The van der Waals surface area contributed by atoms with E-state index in [1.165, 1.54) is 0 Å². The van der Waals surface area contributed by atoms with Crippen molar-refractivity contribution in [3.8, 4) is 0 Å². The van der Waals surface area contributed by atoms with Crippen LogP contribution in [0.4, 0.5) is 0 Å². The summed E-state index contributed by atoms with van der Waals surface area (Å²) in [6, 6.07) is 7.36. The number of nitrogens with two attached hydrogens (primary N) is 1. The summed E-state index contributed by atoms with van der Waals surface area (Å²) < 4.78 is 0. The number of carbonyl (C=O) groups is 1. The third-order valence-electron chi connectivity index (χ3n) is 2.36. The first-order valence-electron chi connectivity index (χ1n) is 4.71. The van der Waals surface area contributed by atoms with Gasteiger partial charge in [0.2, 0.25) is 5.91 Å². The van der Waals surface area contributed by atoms with Gasteiger partial charge in [0.1, 0.15) is 6.29 Å². The molecule has 0 saturated carbocycles. The Kier molecular flexibility index (Phi) is 2.90. The highest BCUT2D eigenvalue weighted by atomic mass is 35.5. The lowest BCUT2D eigenvalue weighted by atomic mass is 10.0. The number of nitrogens with one attached hydrogen (secondary N) is 2. The predicted octanol–water partition coefficient (Wildman–Crippen LogP) is 0.733. The van der Waals surface area contributed by atoms with Crippen LogP contribution in [0.25, 0.3) is 0 Å². The van der Waals surface area contributed by atoms with Gasteiger partial charge in [-0.25, -0.2) is 0 Å². The maximum absolute atomic E-state index is 11.3. The molecule has 2 rings (SSSR count). The maximum atomic E-state index is 11.3. The number of hydrogen-bond donors (Lipinski definition) is 3. The molecule has 4 N–H and O–H groups in total. The van der Waals surface area contributed by atoms with Crippen LogP contribution in [0.15, 0.2) is 24.3 Å². The van der Waals surface area contributed by atoms with Gasteiger partial charge in [-0.1, -0.05) is 23.7 Å². The van der Waals surface area contributed by atoms with Crippen LogP contribution in [0.3, 0.4) is 0 Å². The molecule has 1 heterocycles. The first-order valence-corrected chi connectivity index (χ1v) is 5.09. The standard InChI is InChI=1S/C10H12ClN3O/c11-7-3-1-6(2-4-7)8-5-9(15)14-10(12)13-8/h1-4,8,10,13H,5,12H2,(H,14,15). The average Bonchev–Trinajstić information content (AvgIpc) is 2.17. The molecule has 1 aromatic carbocycles. The number of rotatable bonds is 1. The summed E-state index contributed by atoms with van der Waals surface area (Å²) in [5.41, 5.74) is 6.63. The molecular weight excluding hydrogens is 214 g/mol. The minimum atomic E-state index is -0.480. The first kappa shape index (κ1) is 10.4. The number of carbonyl (C=O) groups excluding carboxylic acids is 1.